The molecule has 0 atom stereocenters. The van der Waals surface area contributed by atoms with Gasteiger partial charge < -0.3 is 4.90 Å². The summed E-state index contributed by atoms with van der Waals surface area (Å²) in [6.07, 6.45) is 2.93. The van der Waals surface area contributed by atoms with Gasteiger partial charge in [0.25, 0.3) is 0 Å². The summed E-state index contributed by atoms with van der Waals surface area (Å²) in [7, 11) is 2.04. The lowest BCUT2D eigenvalue weighted by atomic mass is 9.69. The van der Waals surface area contributed by atoms with E-state index in [1.165, 1.54) is 6.08 Å². The van der Waals surface area contributed by atoms with Crippen LogP contribution in [0, 0.1) is 0 Å². The van der Waals surface area contributed by atoms with Gasteiger partial charge in [-0.2, -0.15) is 0 Å². The molecule has 2 nitrogen and oxygen atoms in total. The van der Waals surface area contributed by atoms with Crippen molar-refractivity contribution in [1.29, 1.82) is 0 Å². The van der Waals surface area contributed by atoms with E-state index in [4.69, 9.17) is 0 Å². The third-order valence-electron chi connectivity index (χ3n) is 1.19. The van der Waals surface area contributed by atoms with Crippen molar-refractivity contribution >= 4 is 13.2 Å². The summed E-state index contributed by atoms with van der Waals surface area (Å²) < 4.78 is 0. The molecule has 41 valence electrons. The van der Waals surface area contributed by atoms with Crippen LogP contribution >= 0.6 is 0 Å². The van der Waals surface area contributed by atoms with Crippen LogP contribution in [0.15, 0.2) is 12.7 Å². The van der Waals surface area contributed by atoms with Gasteiger partial charge in [-0.05, 0) is 19.0 Å². The fourth-order valence-corrected chi connectivity index (χ4v) is 0.567. The maximum atomic E-state index is 10.6. The first-order valence-electron chi connectivity index (χ1n) is 2.57. The maximum absolute atomic E-state index is 10.6. The van der Waals surface area contributed by atoms with Gasteiger partial charge in [0.05, 0.1) is 0 Å². The van der Waals surface area contributed by atoms with Crippen molar-refractivity contribution < 1.29 is 4.79 Å². The third kappa shape index (κ3) is 0.758. The second-order valence-electron chi connectivity index (χ2n) is 1.74. The van der Waals surface area contributed by atoms with Gasteiger partial charge in [0.2, 0.25) is 5.91 Å². The van der Waals surface area contributed by atoms with Gasteiger partial charge in [0, 0.05) is 0 Å². The molecule has 3 heteroatoms. The Morgan fingerprint density at radius 1 is 1.75 bits per heavy atom. The first-order chi connectivity index (χ1) is 3.84. The summed E-state index contributed by atoms with van der Waals surface area (Å²) in [6, 6.07) is 0. The highest BCUT2D eigenvalue weighted by Gasteiger charge is 2.17. The van der Waals surface area contributed by atoms with Crippen LogP contribution < -0.4 is 0 Å². The normalized spacial score (nSPS) is 16.2. The van der Waals surface area contributed by atoms with Gasteiger partial charge in [-0.3, -0.25) is 4.79 Å². The molecule has 0 spiro atoms. The van der Waals surface area contributed by atoms with E-state index in [0.29, 0.717) is 0 Å². The van der Waals surface area contributed by atoms with Crippen molar-refractivity contribution in [2.24, 2.45) is 0 Å². The van der Waals surface area contributed by atoms with Crippen LogP contribution in [0.1, 0.15) is 0 Å². The van der Waals surface area contributed by atoms with Crippen molar-refractivity contribution in [2.75, 3.05) is 12.9 Å². The molecular weight excluding hydrogens is 101 g/mol. The number of hydrogen-bond acceptors (Lipinski definition) is 1. The van der Waals surface area contributed by atoms with Crippen LogP contribution in [0.3, 0.4) is 0 Å². The summed E-state index contributed by atoms with van der Waals surface area (Å²) in [4.78, 5) is 12.3. The van der Waals surface area contributed by atoms with Crippen molar-refractivity contribution in [1.82, 2.24) is 4.90 Å². The Balaban J connectivity index is 2.34. The van der Waals surface area contributed by atoms with Gasteiger partial charge in [0.15, 0.2) is 7.28 Å². The molecule has 1 heterocycles. The summed E-state index contributed by atoms with van der Waals surface area (Å²) in [5.74, 6) is 0.0347. The van der Waals surface area contributed by atoms with Gasteiger partial charge >= 0.3 is 0 Å². The topological polar surface area (TPSA) is 20.3 Å². The molecule has 0 aromatic carbocycles. The van der Waals surface area contributed by atoms with Crippen LogP contribution in [0.25, 0.3) is 0 Å². The van der Waals surface area contributed by atoms with E-state index in [0.717, 1.165) is 12.9 Å². The number of rotatable bonds is 1. The summed E-state index contributed by atoms with van der Waals surface area (Å²) in [5.41, 5.74) is 0. The largest absolute Gasteiger partial charge is 0.355 e. The van der Waals surface area contributed by atoms with Crippen LogP contribution in [-0.2, 0) is 4.79 Å². The number of carbonyl (C=O) groups is 1. The standard InChI is InChI=1S/C5H7BNO/c1-2-5(8)7-3-6-4-7/h2H,1,3-4H2. The Kier molecular flexibility index (Phi) is 1.37. The lowest BCUT2D eigenvalue weighted by molar-refractivity contribution is -0.125. The first-order valence-corrected chi connectivity index (χ1v) is 2.57. The molecule has 1 aliphatic heterocycles. The third-order valence-corrected chi connectivity index (χ3v) is 1.19. The molecule has 1 saturated heterocycles. The van der Waals surface area contributed by atoms with Crippen LogP contribution in [0.4, 0.5) is 0 Å². The van der Waals surface area contributed by atoms with E-state index in [1.807, 2.05) is 7.28 Å². The number of amides is 1. The molecule has 1 aliphatic rings. The highest BCUT2D eigenvalue weighted by Crippen LogP contribution is 1.96. The number of hydrogen-bond donors (Lipinski definition) is 0. The van der Waals surface area contributed by atoms with Crippen molar-refractivity contribution in [3.05, 3.63) is 12.7 Å². The minimum atomic E-state index is 0.0347. The molecule has 1 amide bonds. The van der Waals surface area contributed by atoms with Gasteiger partial charge in [0.1, 0.15) is 0 Å². The summed E-state index contributed by atoms with van der Waals surface area (Å²) in [6.45, 7) is 3.36. The molecule has 0 aliphatic carbocycles. The molecule has 0 aromatic heterocycles. The quantitative estimate of drug-likeness (QED) is 0.331. The van der Waals surface area contributed by atoms with Crippen LogP contribution in [0.2, 0.25) is 0 Å². The van der Waals surface area contributed by atoms with E-state index in [-0.39, 0.29) is 5.91 Å². The van der Waals surface area contributed by atoms with E-state index >= 15 is 0 Å². The Morgan fingerprint density at radius 2 is 2.38 bits per heavy atom. The lowest BCUT2D eigenvalue weighted by Gasteiger charge is -2.28. The van der Waals surface area contributed by atoms with Crippen molar-refractivity contribution in [3.63, 3.8) is 0 Å². The smallest absolute Gasteiger partial charge is 0.244 e. The fourth-order valence-electron chi connectivity index (χ4n) is 0.567. The Bertz CT molecular complexity index is 120. The van der Waals surface area contributed by atoms with Crippen molar-refractivity contribution in [2.45, 2.75) is 0 Å². The number of carbonyl (C=O) groups excluding carboxylic acids is 1. The second-order valence-corrected chi connectivity index (χ2v) is 1.74. The summed E-state index contributed by atoms with van der Waals surface area (Å²) in [5, 5.41) is 0. The molecule has 1 fully saturated rings. The predicted molar refractivity (Wildman–Crippen MR) is 32.5 cm³/mol. The van der Waals surface area contributed by atoms with Gasteiger partial charge in [-0.1, -0.05) is 6.58 Å². The van der Waals surface area contributed by atoms with Gasteiger partial charge in [-0.15, -0.1) is 0 Å². The molecule has 1 radical (unpaired) electrons. The second kappa shape index (κ2) is 2.03. The van der Waals surface area contributed by atoms with E-state index < -0.39 is 0 Å². The zero-order valence-electron chi connectivity index (χ0n) is 4.63. The highest BCUT2D eigenvalue weighted by atomic mass is 16.2. The maximum Gasteiger partial charge on any atom is 0.244 e. The highest BCUT2D eigenvalue weighted by molar-refractivity contribution is 6.40. The summed E-state index contributed by atoms with van der Waals surface area (Å²) >= 11 is 0. The lowest BCUT2D eigenvalue weighted by Crippen LogP contribution is -2.47. The molecule has 0 bridgehead atoms. The SMILES string of the molecule is C=CC(=O)N1C[B]C1. The molecule has 0 aromatic rings. The average molecular weight is 108 g/mol. The molecule has 0 saturated carbocycles. The van der Waals surface area contributed by atoms with E-state index in [2.05, 4.69) is 6.58 Å². The minimum Gasteiger partial charge on any atom is -0.355 e. The van der Waals surface area contributed by atoms with E-state index in [1.54, 1.807) is 4.90 Å². The Morgan fingerprint density at radius 3 is 2.50 bits per heavy atom. The van der Waals surface area contributed by atoms with Gasteiger partial charge in [-0.25, -0.2) is 0 Å². The molecule has 8 heavy (non-hydrogen) atoms. The zero-order chi connectivity index (χ0) is 5.98. The zero-order valence-corrected chi connectivity index (χ0v) is 4.63. The molecule has 0 unspecified atom stereocenters. The minimum absolute atomic E-state index is 0.0347. The fraction of sp³-hybridized carbons (Fsp3) is 0.400. The van der Waals surface area contributed by atoms with Crippen LogP contribution in [0.5, 0.6) is 0 Å². The van der Waals surface area contributed by atoms with Crippen LogP contribution in [-0.4, -0.2) is 31.0 Å². The van der Waals surface area contributed by atoms with E-state index in [9.17, 15) is 4.79 Å². The number of nitrogens with zero attached hydrogens (tertiary/aromatic N) is 1. The first kappa shape index (κ1) is 5.41. The van der Waals surface area contributed by atoms with Crippen molar-refractivity contribution in [3.8, 4) is 0 Å². The predicted octanol–water partition coefficient (Wildman–Crippen LogP) is -0.366. The molecule has 0 N–H and O–H groups in total. The Hall–Kier alpha value is -0.725. The molecular formula is C5H7BNO. The Labute approximate surface area is 49.4 Å². The monoisotopic (exact) mass is 108 g/mol. The molecule has 1 rings (SSSR count). The average Bonchev–Trinajstić information content (AvgIpc) is 1.62.